The van der Waals surface area contributed by atoms with E-state index in [1.54, 1.807) is 6.92 Å². The number of carbonyl (C=O) groups excluding carboxylic acids is 1. The van der Waals surface area contributed by atoms with Crippen molar-refractivity contribution in [2.45, 2.75) is 13.3 Å². The third-order valence-corrected chi connectivity index (χ3v) is 1.99. The molecular weight excluding hydrogens is 265 g/mol. The monoisotopic (exact) mass is 278 g/mol. The molecule has 0 aliphatic rings. The molecule has 19 heavy (non-hydrogen) atoms. The predicted octanol–water partition coefficient (Wildman–Crippen LogP) is 2.78. The number of benzene rings is 1. The second-order valence-corrected chi connectivity index (χ2v) is 3.41. The molecule has 0 heterocycles. The van der Waals surface area contributed by atoms with Gasteiger partial charge in [0.2, 0.25) is 0 Å². The topological polar surface area (TPSA) is 44.8 Å². The minimum absolute atomic E-state index is 0.0907. The molecule has 7 heteroatoms. The zero-order valence-corrected chi connectivity index (χ0v) is 10.2. The van der Waals surface area contributed by atoms with Gasteiger partial charge >= 0.3 is 12.3 Å². The van der Waals surface area contributed by atoms with Crippen molar-refractivity contribution in [2.24, 2.45) is 0 Å². The highest BCUT2D eigenvalue weighted by Gasteiger charge is 2.31. The van der Waals surface area contributed by atoms with Crippen molar-refractivity contribution in [3.8, 4) is 5.75 Å². The Bertz CT molecular complexity index is 400. The van der Waals surface area contributed by atoms with Crippen LogP contribution in [0.2, 0.25) is 0 Å². The highest BCUT2D eigenvalue weighted by molar-refractivity contribution is 5.89. The summed E-state index contributed by atoms with van der Waals surface area (Å²) in [7, 11) is 0. The van der Waals surface area contributed by atoms with E-state index < -0.39 is 18.1 Å². The standard InChI is InChI=1S/C12H13F3O4/c1-2-17-7-8-18-11(16)9-3-5-10(6-4-9)19-12(13,14)15/h3-6H,2,7-8H2,1H3. The van der Waals surface area contributed by atoms with Crippen LogP contribution in [0.1, 0.15) is 17.3 Å². The van der Waals surface area contributed by atoms with Crippen molar-refractivity contribution in [3.63, 3.8) is 0 Å². The summed E-state index contributed by atoms with van der Waals surface area (Å²) in [5, 5.41) is 0. The third kappa shape index (κ3) is 6.10. The molecule has 0 aliphatic carbocycles. The first-order valence-corrected chi connectivity index (χ1v) is 5.53. The number of halogens is 3. The number of alkyl halides is 3. The maximum Gasteiger partial charge on any atom is 0.573 e. The quantitative estimate of drug-likeness (QED) is 0.593. The van der Waals surface area contributed by atoms with Crippen LogP contribution in [0, 0.1) is 0 Å². The van der Waals surface area contributed by atoms with Crippen LogP contribution < -0.4 is 4.74 Å². The molecule has 0 fully saturated rings. The Morgan fingerprint density at radius 3 is 2.32 bits per heavy atom. The maximum atomic E-state index is 11.9. The number of hydrogen-bond donors (Lipinski definition) is 0. The molecule has 1 aromatic carbocycles. The molecule has 0 amide bonds. The first kappa shape index (κ1) is 15.3. The highest BCUT2D eigenvalue weighted by Crippen LogP contribution is 2.22. The summed E-state index contributed by atoms with van der Waals surface area (Å²) in [6.45, 7) is 2.69. The molecule has 1 aromatic rings. The molecular formula is C12H13F3O4. The Kier molecular flexibility index (Phi) is 5.62. The molecule has 0 radical (unpaired) electrons. The summed E-state index contributed by atoms with van der Waals surface area (Å²) in [4.78, 5) is 11.5. The van der Waals surface area contributed by atoms with Crippen molar-refractivity contribution in [3.05, 3.63) is 29.8 Å². The van der Waals surface area contributed by atoms with Gasteiger partial charge < -0.3 is 14.2 Å². The molecule has 0 saturated heterocycles. The molecule has 106 valence electrons. The fourth-order valence-corrected chi connectivity index (χ4v) is 1.21. The SMILES string of the molecule is CCOCCOC(=O)c1ccc(OC(F)(F)F)cc1. The van der Waals surface area contributed by atoms with E-state index in [-0.39, 0.29) is 18.8 Å². The summed E-state index contributed by atoms with van der Waals surface area (Å²) in [5.74, 6) is -1.02. The molecule has 0 unspecified atom stereocenters. The molecule has 4 nitrogen and oxygen atoms in total. The Hall–Kier alpha value is -1.76. The van der Waals surface area contributed by atoms with Crippen molar-refractivity contribution in [2.75, 3.05) is 19.8 Å². The van der Waals surface area contributed by atoms with Crippen molar-refractivity contribution < 1.29 is 32.2 Å². The number of carbonyl (C=O) groups is 1. The zero-order valence-electron chi connectivity index (χ0n) is 10.2. The van der Waals surface area contributed by atoms with Gasteiger partial charge in [0.25, 0.3) is 0 Å². The first-order chi connectivity index (χ1) is 8.92. The lowest BCUT2D eigenvalue weighted by Gasteiger charge is -2.09. The summed E-state index contributed by atoms with van der Waals surface area (Å²) in [5.41, 5.74) is 0.144. The van der Waals surface area contributed by atoms with Crippen molar-refractivity contribution in [1.29, 1.82) is 0 Å². The second kappa shape index (κ2) is 6.98. The van der Waals surface area contributed by atoms with Gasteiger partial charge in [-0.2, -0.15) is 0 Å². The van der Waals surface area contributed by atoms with E-state index in [2.05, 4.69) is 4.74 Å². The van der Waals surface area contributed by atoms with E-state index in [9.17, 15) is 18.0 Å². The summed E-state index contributed by atoms with van der Waals surface area (Å²) >= 11 is 0. The molecule has 0 bridgehead atoms. The summed E-state index contributed by atoms with van der Waals surface area (Å²) in [6, 6.07) is 4.49. The Labute approximate surface area is 108 Å². The van der Waals surface area contributed by atoms with Gasteiger partial charge in [-0.05, 0) is 31.2 Å². The van der Waals surface area contributed by atoms with Gasteiger partial charge in [-0.1, -0.05) is 0 Å². The predicted molar refractivity (Wildman–Crippen MR) is 59.9 cm³/mol. The van der Waals surface area contributed by atoms with Crippen molar-refractivity contribution in [1.82, 2.24) is 0 Å². The van der Waals surface area contributed by atoms with Gasteiger partial charge in [-0.15, -0.1) is 13.2 Å². The summed E-state index contributed by atoms with van der Waals surface area (Å²) in [6.07, 6.45) is -4.75. The second-order valence-electron chi connectivity index (χ2n) is 3.41. The average Bonchev–Trinajstić information content (AvgIpc) is 2.33. The fraction of sp³-hybridized carbons (Fsp3) is 0.417. The molecule has 0 spiro atoms. The molecule has 0 N–H and O–H groups in total. The van der Waals surface area contributed by atoms with Crippen LogP contribution in [-0.2, 0) is 9.47 Å². The lowest BCUT2D eigenvalue weighted by Crippen LogP contribution is -2.17. The zero-order chi connectivity index (χ0) is 14.3. The van der Waals surface area contributed by atoms with Gasteiger partial charge in [0.1, 0.15) is 12.4 Å². The van der Waals surface area contributed by atoms with Crippen LogP contribution >= 0.6 is 0 Å². The molecule has 0 atom stereocenters. The van der Waals surface area contributed by atoms with Crippen LogP contribution in [-0.4, -0.2) is 32.2 Å². The fourth-order valence-electron chi connectivity index (χ4n) is 1.21. The van der Waals surface area contributed by atoms with E-state index in [4.69, 9.17) is 9.47 Å². The van der Waals surface area contributed by atoms with Gasteiger partial charge in [0.05, 0.1) is 12.2 Å². The lowest BCUT2D eigenvalue weighted by atomic mass is 10.2. The number of hydrogen-bond acceptors (Lipinski definition) is 4. The van der Waals surface area contributed by atoms with Gasteiger partial charge in [0, 0.05) is 6.61 Å². The Balaban J connectivity index is 2.49. The minimum atomic E-state index is -4.75. The van der Waals surface area contributed by atoms with Crippen molar-refractivity contribution >= 4 is 5.97 Å². The normalized spacial score (nSPS) is 11.2. The van der Waals surface area contributed by atoms with E-state index in [0.29, 0.717) is 6.61 Å². The average molecular weight is 278 g/mol. The molecule has 0 aromatic heterocycles. The third-order valence-electron chi connectivity index (χ3n) is 1.99. The number of rotatable bonds is 6. The van der Waals surface area contributed by atoms with Gasteiger partial charge in [0.15, 0.2) is 0 Å². The Morgan fingerprint density at radius 1 is 1.16 bits per heavy atom. The Morgan fingerprint density at radius 2 is 1.79 bits per heavy atom. The van der Waals surface area contributed by atoms with E-state index in [1.807, 2.05) is 0 Å². The van der Waals surface area contributed by atoms with E-state index in [0.717, 1.165) is 12.1 Å². The summed E-state index contributed by atoms with van der Waals surface area (Å²) < 4.78 is 49.2. The number of ether oxygens (including phenoxy) is 3. The number of esters is 1. The largest absolute Gasteiger partial charge is 0.573 e. The lowest BCUT2D eigenvalue weighted by molar-refractivity contribution is -0.274. The van der Waals surface area contributed by atoms with Crippen LogP contribution in [0.15, 0.2) is 24.3 Å². The molecule has 0 aliphatic heterocycles. The molecule has 1 rings (SSSR count). The smallest absolute Gasteiger partial charge is 0.460 e. The van der Waals surface area contributed by atoms with Crippen LogP contribution in [0.5, 0.6) is 5.75 Å². The van der Waals surface area contributed by atoms with Gasteiger partial charge in [-0.3, -0.25) is 0 Å². The van der Waals surface area contributed by atoms with E-state index in [1.165, 1.54) is 12.1 Å². The van der Waals surface area contributed by atoms with E-state index >= 15 is 0 Å². The van der Waals surface area contributed by atoms with Crippen LogP contribution in [0.25, 0.3) is 0 Å². The highest BCUT2D eigenvalue weighted by atomic mass is 19.4. The van der Waals surface area contributed by atoms with Gasteiger partial charge in [-0.25, -0.2) is 4.79 Å². The maximum absolute atomic E-state index is 11.9. The van der Waals surface area contributed by atoms with Crippen LogP contribution in [0.4, 0.5) is 13.2 Å². The minimum Gasteiger partial charge on any atom is -0.460 e. The first-order valence-electron chi connectivity index (χ1n) is 5.53. The van der Waals surface area contributed by atoms with Crippen LogP contribution in [0.3, 0.4) is 0 Å². The molecule has 0 saturated carbocycles.